The molecule has 1 aromatic rings. The van der Waals surface area contributed by atoms with E-state index in [2.05, 4.69) is 19.1 Å². The van der Waals surface area contributed by atoms with Gasteiger partial charge in [0.2, 0.25) is 0 Å². The van der Waals surface area contributed by atoms with Crippen LogP contribution in [-0.2, 0) is 20.7 Å². The van der Waals surface area contributed by atoms with E-state index in [0.29, 0.717) is 19.4 Å². The molecule has 0 radical (unpaired) electrons. The smallest absolute Gasteiger partial charge is 0.319 e. The lowest BCUT2D eigenvalue weighted by Gasteiger charge is -2.39. The minimum absolute atomic E-state index is 0.0307. The highest BCUT2D eigenvalue weighted by Crippen LogP contribution is 2.44. The topological polar surface area (TPSA) is 43.4 Å². The van der Waals surface area contributed by atoms with Crippen molar-refractivity contribution >= 4 is 11.8 Å². The molecular formula is C21H30O3. The van der Waals surface area contributed by atoms with Crippen molar-refractivity contribution in [2.24, 2.45) is 11.3 Å². The monoisotopic (exact) mass is 330 g/mol. The zero-order valence-corrected chi connectivity index (χ0v) is 15.7. The van der Waals surface area contributed by atoms with Crippen LogP contribution < -0.4 is 0 Å². The fourth-order valence-corrected chi connectivity index (χ4v) is 4.25. The van der Waals surface area contributed by atoms with Gasteiger partial charge in [0.1, 0.15) is 5.41 Å². The molecule has 0 N–H and O–H groups in total. The first kappa shape index (κ1) is 18.7. The Hall–Kier alpha value is -1.64. The van der Waals surface area contributed by atoms with Gasteiger partial charge in [-0.3, -0.25) is 9.59 Å². The molecule has 0 amide bonds. The highest BCUT2D eigenvalue weighted by molar-refractivity contribution is 6.05. The number of Topliss-reactive ketones (excluding diaryl/α,β-unsaturated/α-hetero) is 1. The molecule has 0 aliphatic heterocycles. The van der Waals surface area contributed by atoms with Crippen LogP contribution in [0, 0.1) is 32.1 Å². The van der Waals surface area contributed by atoms with E-state index in [0.717, 1.165) is 36.0 Å². The molecule has 0 spiro atoms. The number of hydrogen-bond donors (Lipinski definition) is 0. The third-order valence-electron chi connectivity index (χ3n) is 5.61. The maximum atomic E-state index is 13.3. The summed E-state index contributed by atoms with van der Waals surface area (Å²) < 4.78 is 5.33. The zero-order valence-electron chi connectivity index (χ0n) is 15.7. The average Bonchev–Trinajstić information content (AvgIpc) is 2.51. The number of hydrogen-bond acceptors (Lipinski definition) is 3. The molecule has 2 atom stereocenters. The van der Waals surface area contributed by atoms with Crippen LogP contribution >= 0.6 is 0 Å². The largest absolute Gasteiger partial charge is 0.465 e. The first-order valence-electron chi connectivity index (χ1n) is 9.10. The first-order valence-corrected chi connectivity index (χ1v) is 9.10. The summed E-state index contributed by atoms with van der Waals surface area (Å²) in [6.45, 7) is 10.3. The van der Waals surface area contributed by atoms with Crippen LogP contribution in [0.5, 0.6) is 0 Å². The van der Waals surface area contributed by atoms with Crippen LogP contribution in [0.3, 0.4) is 0 Å². The Balaban J connectivity index is 2.37. The van der Waals surface area contributed by atoms with E-state index in [1.54, 1.807) is 6.92 Å². The number of ketones is 1. The van der Waals surface area contributed by atoms with Gasteiger partial charge in [0.25, 0.3) is 0 Å². The Morgan fingerprint density at radius 2 is 1.79 bits per heavy atom. The number of aryl methyl sites for hydroxylation is 3. The van der Waals surface area contributed by atoms with Crippen molar-refractivity contribution in [2.75, 3.05) is 6.61 Å². The van der Waals surface area contributed by atoms with Gasteiger partial charge in [-0.05, 0) is 63.1 Å². The summed E-state index contributed by atoms with van der Waals surface area (Å²) in [6.07, 6.45) is 3.85. The van der Waals surface area contributed by atoms with E-state index in [1.807, 2.05) is 20.8 Å². The van der Waals surface area contributed by atoms with Crippen LogP contribution in [0.2, 0.25) is 0 Å². The molecular weight excluding hydrogens is 300 g/mol. The summed E-state index contributed by atoms with van der Waals surface area (Å²) in [5, 5.41) is 0. The number of esters is 1. The van der Waals surface area contributed by atoms with Crippen LogP contribution in [0.1, 0.15) is 61.8 Å². The van der Waals surface area contributed by atoms with Crippen LogP contribution in [0.4, 0.5) is 0 Å². The molecule has 1 fully saturated rings. The Morgan fingerprint density at radius 1 is 1.17 bits per heavy atom. The normalized spacial score (nSPS) is 23.8. The molecule has 0 aromatic heterocycles. The van der Waals surface area contributed by atoms with Crippen molar-refractivity contribution < 1.29 is 14.3 Å². The second-order valence-corrected chi connectivity index (χ2v) is 7.32. The SMILES string of the molecule is CCOC(=O)C1(C(=O)Cc2c(C)cc(C)cc2C)CCCCC1C. The van der Waals surface area contributed by atoms with Crippen LogP contribution in [0.15, 0.2) is 12.1 Å². The molecule has 0 saturated heterocycles. The second-order valence-electron chi connectivity index (χ2n) is 7.32. The molecule has 1 aliphatic carbocycles. The lowest BCUT2D eigenvalue weighted by Crippen LogP contribution is -2.48. The number of benzene rings is 1. The molecule has 0 bridgehead atoms. The third-order valence-corrected chi connectivity index (χ3v) is 5.61. The highest BCUT2D eigenvalue weighted by atomic mass is 16.5. The highest BCUT2D eigenvalue weighted by Gasteiger charge is 2.51. The minimum atomic E-state index is -0.960. The summed E-state index contributed by atoms with van der Waals surface area (Å²) in [7, 11) is 0. The number of ether oxygens (including phenoxy) is 1. The van der Waals surface area contributed by atoms with E-state index >= 15 is 0 Å². The summed E-state index contributed by atoms with van der Waals surface area (Å²) in [6, 6.07) is 4.22. The summed E-state index contributed by atoms with van der Waals surface area (Å²) in [5.74, 6) is -0.239. The Labute approximate surface area is 145 Å². The summed E-state index contributed by atoms with van der Waals surface area (Å²) in [5.41, 5.74) is 3.56. The van der Waals surface area contributed by atoms with E-state index in [9.17, 15) is 9.59 Å². The molecule has 1 aromatic carbocycles. The number of rotatable bonds is 5. The van der Waals surface area contributed by atoms with Crippen molar-refractivity contribution in [3.63, 3.8) is 0 Å². The fraction of sp³-hybridized carbons (Fsp3) is 0.619. The number of carbonyl (C=O) groups excluding carboxylic acids is 2. The molecule has 0 heterocycles. The Kier molecular flexibility index (Phi) is 5.84. The maximum absolute atomic E-state index is 13.3. The summed E-state index contributed by atoms with van der Waals surface area (Å²) in [4.78, 5) is 26.0. The van der Waals surface area contributed by atoms with Crippen molar-refractivity contribution in [3.8, 4) is 0 Å². The molecule has 132 valence electrons. The van der Waals surface area contributed by atoms with E-state index in [-0.39, 0.29) is 17.7 Å². The second kappa shape index (κ2) is 7.50. The Bertz CT molecular complexity index is 609. The van der Waals surface area contributed by atoms with Crippen LogP contribution in [-0.4, -0.2) is 18.4 Å². The van der Waals surface area contributed by atoms with Crippen molar-refractivity contribution in [3.05, 3.63) is 34.4 Å². The summed E-state index contributed by atoms with van der Waals surface area (Å²) >= 11 is 0. The van der Waals surface area contributed by atoms with E-state index in [1.165, 1.54) is 5.56 Å². The van der Waals surface area contributed by atoms with E-state index < -0.39 is 5.41 Å². The maximum Gasteiger partial charge on any atom is 0.319 e. The molecule has 2 rings (SSSR count). The van der Waals surface area contributed by atoms with Gasteiger partial charge in [-0.25, -0.2) is 0 Å². The minimum Gasteiger partial charge on any atom is -0.465 e. The molecule has 1 saturated carbocycles. The zero-order chi connectivity index (χ0) is 17.9. The predicted octanol–water partition coefficient (Wildman–Crippen LogP) is 4.48. The quantitative estimate of drug-likeness (QED) is 0.590. The molecule has 3 nitrogen and oxygen atoms in total. The lowest BCUT2D eigenvalue weighted by molar-refractivity contribution is -0.166. The Morgan fingerprint density at radius 3 is 2.33 bits per heavy atom. The van der Waals surface area contributed by atoms with Gasteiger partial charge in [-0.1, -0.05) is 37.5 Å². The van der Waals surface area contributed by atoms with Crippen LogP contribution in [0.25, 0.3) is 0 Å². The van der Waals surface area contributed by atoms with Gasteiger partial charge in [0.05, 0.1) is 6.61 Å². The van der Waals surface area contributed by atoms with Crippen molar-refractivity contribution in [2.45, 2.75) is 66.7 Å². The van der Waals surface area contributed by atoms with Gasteiger partial charge >= 0.3 is 5.97 Å². The first-order chi connectivity index (χ1) is 11.3. The average molecular weight is 330 g/mol. The van der Waals surface area contributed by atoms with Gasteiger partial charge < -0.3 is 4.74 Å². The van der Waals surface area contributed by atoms with Crippen molar-refractivity contribution in [1.82, 2.24) is 0 Å². The van der Waals surface area contributed by atoms with Gasteiger partial charge in [0.15, 0.2) is 5.78 Å². The molecule has 24 heavy (non-hydrogen) atoms. The predicted molar refractivity (Wildman–Crippen MR) is 96.1 cm³/mol. The third kappa shape index (κ3) is 3.40. The lowest BCUT2D eigenvalue weighted by atomic mass is 9.63. The molecule has 2 unspecified atom stereocenters. The van der Waals surface area contributed by atoms with Gasteiger partial charge in [0, 0.05) is 6.42 Å². The number of carbonyl (C=O) groups is 2. The van der Waals surface area contributed by atoms with E-state index in [4.69, 9.17) is 4.74 Å². The van der Waals surface area contributed by atoms with Gasteiger partial charge in [-0.15, -0.1) is 0 Å². The molecule has 1 aliphatic rings. The van der Waals surface area contributed by atoms with Gasteiger partial charge in [-0.2, -0.15) is 0 Å². The fourth-order valence-electron chi connectivity index (χ4n) is 4.25. The standard InChI is InChI=1S/C21H30O3/c1-6-24-20(23)21(10-8-7-9-17(21)5)19(22)13-18-15(3)11-14(2)12-16(18)4/h11-12,17H,6-10,13H2,1-5H3. The van der Waals surface area contributed by atoms with Crippen molar-refractivity contribution in [1.29, 1.82) is 0 Å². The molecule has 3 heteroatoms.